The number of nitrogens with zero attached hydrogens (tertiary/aromatic N) is 1. The number of nitrogens with one attached hydrogen (secondary N) is 1. The minimum Gasteiger partial charge on any atom is -0.366 e. The highest BCUT2D eigenvalue weighted by molar-refractivity contribution is 5.97. The first-order valence-electron chi connectivity index (χ1n) is 8.29. The van der Waals surface area contributed by atoms with Crippen LogP contribution in [0.2, 0.25) is 0 Å². The molecule has 0 saturated heterocycles. The Labute approximate surface area is 148 Å². The first-order valence-corrected chi connectivity index (χ1v) is 8.29. The number of nitrogens with two attached hydrogens (primary N) is 1. The standard InChI is InChI=1S/C20H25N3O2/c1-14(15-7-5-4-6-8-15)11-19(24)22-18-12-16(20(21)25)9-10-17(18)13-23(2)3/h4-10,12,14H,11,13H2,1-3H3,(H2,21,25)(H,22,24)/t14-/m0/s1. The largest absolute Gasteiger partial charge is 0.366 e. The second-order valence-corrected chi connectivity index (χ2v) is 6.54. The van der Waals surface area contributed by atoms with Crippen molar-refractivity contribution in [2.75, 3.05) is 19.4 Å². The maximum absolute atomic E-state index is 12.5. The van der Waals surface area contributed by atoms with Crippen molar-refractivity contribution in [2.24, 2.45) is 5.73 Å². The van der Waals surface area contributed by atoms with E-state index in [4.69, 9.17) is 5.73 Å². The Morgan fingerprint density at radius 2 is 1.80 bits per heavy atom. The number of hydrogen-bond donors (Lipinski definition) is 2. The van der Waals surface area contributed by atoms with E-state index in [0.717, 1.165) is 11.1 Å². The van der Waals surface area contributed by atoms with Crippen LogP contribution in [0.3, 0.4) is 0 Å². The maximum atomic E-state index is 12.5. The van der Waals surface area contributed by atoms with E-state index in [1.165, 1.54) is 0 Å². The Hall–Kier alpha value is -2.66. The monoisotopic (exact) mass is 339 g/mol. The van der Waals surface area contributed by atoms with E-state index >= 15 is 0 Å². The Morgan fingerprint density at radius 1 is 1.12 bits per heavy atom. The van der Waals surface area contributed by atoms with Crippen LogP contribution in [0.15, 0.2) is 48.5 Å². The lowest BCUT2D eigenvalue weighted by Crippen LogP contribution is -2.19. The average molecular weight is 339 g/mol. The summed E-state index contributed by atoms with van der Waals surface area (Å²) in [5.74, 6) is -0.486. The third-order valence-corrected chi connectivity index (χ3v) is 4.02. The van der Waals surface area contributed by atoms with Gasteiger partial charge in [-0.3, -0.25) is 9.59 Å². The van der Waals surface area contributed by atoms with Gasteiger partial charge in [0.25, 0.3) is 0 Å². The molecule has 0 aliphatic carbocycles. The smallest absolute Gasteiger partial charge is 0.248 e. The summed E-state index contributed by atoms with van der Waals surface area (Å²) in [6, 6.07) is 15.1. The number of primary amides is 1. The van der Waals surface area contributed by atoms with Crippen molar-refractivity contribution in [1.29, 1.82) is 0 Å². The predicted octanol–water partition coefficient (Wildman–Crippen LogP) is 2.98. The fourth-order valence-electron chi connectivity index (χ4n) is 2.70. The van der Waals surface area contributed by atoms with Crippen molar-refractivity contribution in [3.63, 3.8) is 0 Å². The van der Waals surface area contributed by atoms with E-state index in [1.54, 1.807) is 12.1 Å². The van der Waals surface area contributed by atoms with Crippen LogP contribution in [-0.2, 0) is 11.3 Å². The molecule has 0 unspecified atom stereocenters. The molecule has 0 heterocycles. The number of hydrogen-bond acceptors (Lipinski definition) is 3. The molecule has 2 aromatic rings. The molecule has 0 radical (unpaired) electrons. The van der Waals surface area contributed by atoms with Crippen molar-refractivity contribution in [3.05, 3.63) is 65.2 Å². The Bertz CT molecular complexity index is 742. The summed E-state index contributed by atoms with van der Waals surface area (Å²) >= 11 is 0. The van der Waals surface area contributed by atoms with Gasteiger partial charge in [0.15, 0.2) is 0 Å². The summed E-state index contributed by atoms with van der Waals surface area (Å²) in [4.78, 5) is 25.9. The summed E-state index contributed by atoms with van der Waals surface area (Å²) in [5.41, 5.74) is 8.44. The van der Waals surface area contributed by atoms with E-state index in [2.05, 4.69) is 5.32 Å². The third kappa shape index (κ3) is 5.43. The van der Waals surface area contributed by atoms with Crippen LogP contribution in [0.25, 0.3) is 0 Å². The fraction of sp³-hybridized carbons (Fsp3) is 0.300. The lowest BCUT2D eigenvalue weighted by atomic mass is 9.97. The van der Waals surface area contributed by atoms with Gasteiger partial charge in [0, 0.05) is 24.2 Å². The zero-order chi connectivity index (χ0) is 18.4. The lowest BCUT2D eigenvalue weighted by Gasteiger charge is -2.17. The highest BCUT2D eigenvalue weighted by atomic mass is 16.2. The second-order valence-electron chi connectivity index (χ2n) is 6.54. The van der Waals surface area contributed by atoms with E-state index < -0.39 is 5.91 Å². The Balaban J connectivity index is 2.15. The summed E-state index contributed by atoms with van der Waals surface area (Å²) in [6.07, 6.45) is 0.367. The van der Waals surface area contributed by atoms with Crippen LogP contribution in [0.4, 0.5) is 5.69 Å². The number of benzene rings is 2. The molecular weight excluding hydrogens is 314 g/mol. The van der Waals surface area contributed by atoms with Crippen LogP contribution in [0.1, 0.15) is 40.7 Å². The Morgan fingerprint density at radius 3 is 2.40 bits per heavy atom. The zero-order valence-corrected chi connectivity index (χ0v) is 15.0. The SMILES string of the molecule is C[C@@H](CC(=O)Nc1cc(C(N)=O)ccc1CN(C)C)c1ccccc1. The van der Waals surface area contributed by atoms with Crippen LogP contribution < -0.4 is 11.1 Å². The number of carbonyl (C=O) groups excluding carboxylic acids is 2. The van der Waals surface area contributed by atoms with Gasteiger partial charge in [-0.15, -0.1) is 0 Å². The van der Waals surface area contributed by atoms with E-state index in [9.17, 15) is 9.59 Å². The summed E-state index contributed by atoms with van der Waals surface area (Å²) < 4.78 is 0. The van der Waals surface area contributed by atoms with Crippen LogP contribution in [0, 0.1) is 0 Å². The normalized spacial score (nSPS) is 12.0. The molecule has 5 nitrogen and oxygen atoms in total. The Kier molecular flexibility index (Phi) is 6.31. The van der Waals surface area contributed by atoms with E-state index in [0.29, 0.717) is 24.2 Å². The molecule has 0 saturated carbocycles. The molecule has 3 N–H and O–H groups in total. The number of anilines is 1. The van der Waals surface area contributed by atoms with Crippen molar-refractivity contribution < 1.29 is 9.59 Å². The van der Waals surface area contributed by atoms with Gasteiger partial charge in [-0.2, -0.15) is 0 Å². The van der Waals surface area contributed by atoms with Gasteiger partial charge in [0.2, 0.25) is 11.8 Å². The molecule has 25 heavy (non-hydrogen) atoms. The van der Waals surface area contributed by atoms with Crippen molar-refractivity contribution in [2.45, 2.75) is 25.8 Å². The van der Waals surface area contributed by atoms with Gasteiger partial charge in [-0.1, -0.05) is 43.3 Å². The first kappa shape index (κ1) is 18.7. The van der Waals surface area contributed by atoms with Crippen LogP contribution in [0.5, 0.6) is 0 Å². The third-order valence-electron chi connectivity index (χ3n) is 4.02. The molecule has 0 fully saturated rings. The molecular formula is C20H25N3O2. The first-order chi connectivity index (χ1) is 11.9. The van der Waals surface area contributed by atoms with Gasteiger partial charge >= 0.3 is 0 Å². The van der Waals surface area contributed by atoms with E-state index in [1.807, 2.05) is 62.3 Å². The average Bonchev–Trinajstić information content (AvgIpc) is 2.56. The lowest BCUT2D eigenvalue weighted by molar-refractivity contribution is -0.116. The summed E-state index contributed by atoms with van der Waals surface area (Å²) in [5, 5.41) is 2.94. The molecule has 0 spiro atoms. The van der Waals surface area contributed by atoms with Gasteiger partial charge in [-0.05, 0) is 43.3 Å². The predicted molar refractivity (Wildman–Crippen MR) is 100 cm³/mol. The number of carbonyl (C=O) groups is 2. The summed E-state index contributed by atoms with van der Waals surface area (Å²) in [7, 11) is 3.90. The van der Waals surface area contributed by atoms with Crippen molar-refractivity contribution in [1.82, 2.24) is 4.90 Å². The molecule has 132 valence electrons. The summed E-state index contributed by atoms with van der Waals surface area (Å²) in [6.45, 7) is 2.68. The molecule has 0 aliphatic rings. The molecule has 0 aromatic heterocycles. The number of rotatable bonds is 7. The fourth-order valence-corrected chi connectivity index (χ4v) is 2.70. The highest BCUT2D eigenvalue weighted by Crippen LogP contribution is 2.22. The van der Waals surface area contributed by atoms with Crippen LogP contribution >= 0.6 is 0 Å². The van der Waals surface area contributed by atoms with Crippen LogP contribution in [-0.4, -0.2) is 30.8 Å². The molecule has 0 aliphatic heterocycles. The second kappa shape index (κ2) is 8.44. The molecule has 2 aromatic carbocycles. The molecule has 5 heteroatoms. The minimum absolute atomic E-state index is 0.0852. The molecule has 1 atom stereocenters. The van der Waals surface area contributed by atoms with Gasteiger partial charge in [0.1, 0.15) is 0 Å². The molecule has 2 amide bonds. The topological polar surface area (TPSA) is 75.4 Å². The minimum atomic E-state index is -0.510. The van der Waals surface area contributed by atoms with Gasteiger partial charge in [0.05, 0.1) is 0 Å². The quantitative estimate of drug-likeness (QED) is 0.814. The maximum Gasteiger partial charge on any atom is 0.248 e. The van der Waals surface area contributed by atoms with Crippen molar-refractivity contribution in [3.8, 4) is 0 Å². The van der Waals surface area contributed by atoms with Gasteiger partial charge < -0.3 is 16.0 Å². The zero-order valence-electron chi connectivity index (χ0n) is 15.0. The molecule has 0 bridgehead atoms. The van der Waals surface area contributed by atoms with Gasteiger partial charge in [-0.25, -0.2) is 0 Å². The highest BCUT2D eigenvalue weighted by Gasteiger charge is 2.14. The van der Waals surface area contributed by atoms with Crippen molar-refractivity contribution >= 4 is 17.5 Å². The molecule has 2 rings (SSSR count). The number of amides is 2. The van der Waals surface area contributed by atoms with E-state index in [-0.39, 0.29) is 11.8 Å².